The molecule has 0 amide bonds. The van der Waals surface area contributed by atoms with Gasteiger partial charge in [-0.2, -0.15) is 13.2 Å². The first-order valence-corrected chi connectivity index (χ1v) is 5.66. The minimum absolute atomic E-state index is 0.154. The Balaban J connectivity index is 2.46. The molecule has 0 bridgehead atoms. The number of hydrogen-bond donors (Lipinski definition) is 0. The smallest absolute Gasteiger partial charge is 0.293 e. The molecule has 0 N–H and O–H groups in total. The van der Waals surface area contributed by atoms with Gasteiger partial charge in [0.2, 0.25) is 0 Å². The second-order valence-corrected chi connectivity index (χ2v) is 4.79. The van der Waals surface area contributed by atoms with Crippen LogP contribution in [0.3, 0.4) is 0 Å². The molecule has 1 atom stereocenters. The van der Waals surface area contributed by atoms with Gasteiger partial charge in [-0.05, 0) is 25.3 Å². The Morgan fingerprint density at radius 1 is 1.33 bits per heavy atom. The molecule has 2 rings (SSSR count). The molecule has 0 aromatic heterocycles. The first kappa shape index (κ1) is 12.9. The van der Waals surface area contributed by atoms with Gasteiger partial charge in [0.05, 0.1) is 5.41 Å². The van der Waals surface area contributed by atoms with E-state index in [2.05, 4.69) is 6.58 Å². The third-order valence-corrected chi connectivity index (χ3v) is 3.67. The van der Waals surface area contributed by atoms with E-state index in [1.807, 2.05) is 0 Å². The molecule has 0 heterocycles. The lowest BCUT2D eigenvalue weighted by Crippen LogP contribution is -2.39. The van der Waals surface area contributed by atoms with Crippen LogP contribution in [0.4, 0.5) is 13.2 Å². The highest BCUT2D eigenvalue weighted by Crippen LogP contribution is 2.46. The summed E-state index contributed by atoms with van der Waals surface area (Å²) in [4.78, 5) is 12.3. The lowest BCUT2D eigenvalue weighted by atomic mass is 9.67. The molecule has 96 valence electrons. The Morgan fingerprint density at radius 3 is 2.56 bits per heavy atom. The zero-order chi connectivity index (χ0) is 13.6. The highest BCUT2D eigenvalue weighted by Gasteiger charge is 2.50. The Kier molecular flexibility index (Phi) is 2.84. The maximum absolute atomic E-state index is 12.8. The lowest BCUT2D eigenvalue weighted by molar-refractivity contribution is -0.104. The van der Waals surface area contributed by atoms with Crippen molar-refractivity contribution in [2.75, 3.05) is 0 Å². The van der Waals surface area contributed by atoms with Crippen LogP contribution < -0.4 is 0 Å². The van der Waals surface area contributed by atoms with E-state index in [1.165, 1.54) is 6.92 Å². The predicted octanol–water partition coefficient (Wildman–Crippen LogP) is 3.94. The molecule has 0 spiro atoms. The number of ketones is 1. The summed E-state index contributed by atoms with van der Waals surface area (Å²) in [5, 5.41) is 0. The number of carbonyl (C=O) groups is 1. The maximum atomic E-state index is 12.8. The summed E-state index contributed by atoms with van der Waals surface area (Å²) in [6.07, 6.45) is -3.91. The molecule has 18 heavy (non-hydrogen) atoms. The highest BCUT2D eigenvalue weighted by atomic mass is 19.4. The standard InChI is InChI=1S/C14H13F3O/c1-9(14(15,16)17)13(2)8-7-10-5-3-4-6-11(10)12(13)18/h3-6H,1,7-8H2,2H3. The number of hydrogen-bond acceptors (Lipinski definition) is 1. The third kappa shape index (κ3) is 1.85. The van der Waals surface area contributed by atoms with Gasteiger partial charge in [0.15, 0.2) is 5.78 Å². The fourth-order valence-corrected chi connectivity index (χ4v) is 2.36. The maximum Gasteiger partial charge on any atom is 0.413 e. The highest BCUT2D eigenvalue weighted by molar-refractivity contribution is 6.04. The minimum atomic E-state index is -4.53. The molecule has 1 unspecified atom stereocenters. The lowest BCUT2D eigenvalue weighted by Gasteiger charge is -2.35. The van der Waals surface area contributed by atoms with Crippen molar-refractivity contribution in [3.8, 4) is 0 Å². The SMILES string of the molecule is C=C(C(F)(F)F)C1(C)CCc2ccccc2C1=O. The van der Waals surface area contributed by atoms with Crippen molar-refractivity contribution in [2.24, 2.45) is 5.41 Å². The fraction of sp³-hybridized carbons (Fsp3) is 0.357. The zero-order valence-electron chi connectivity index (χ0n) is 9.97. The van der Waals surface area contributed by atoms with Gasteiger partial charge >= 0.3 is 6.18 Å². The molecule has 1 nitrogen and oxygen atoms in total. The molecule has 4 heteroatoms. The van der Waals surface area contributed by atoms with Gasteiger partial charge in [-0.3, -0.25) is 4.79 Å². The summed E-state index contributed by atoms with van der Waals surface area (Å²) in [5.74, 6) is -0.480. The van der Waals surface area contributed by atoms with E-state index in [1.54, 1.807) is 24.3 Å². The predicted molar refractivity (Wildman–Crippen MR) is 62.4 cm³/mol. The van der Waals surface area contributed by atoms with Crippen LogP contribution in [-0.2, 0) is 6.42 Å². The number of allylic oxidation sites excluding steroid dienone is 1. The van der Waals surface area contributed by atoms with Gasteiger partial charge in [-0.15, -0.1) is 0 Å². The van der Waals surface area contributed by atoms with Crippen molar-refractivity contribution >= 4 is 5.78 Å². The van der Waals surface area contributed by atoms with Crippen molar-refractivity contribution in [1.82, 2.24) is 0 Å². The summed E-state index contributed by atoms with van der Waals surface area (Å²) in [7, 11) is 0. The molecule has 0 aliphatic heterocycles. The third-order valence-electron chi connectivity index (χ3n) is 3.67. The molecule has 0 saturated carbocycles. The van der Waals surface area contributed by atoms with Crippen molar-refractivity contribution in [3.63, 3.8) is 0 Å². The van der Waals surface area contributed by atoms with Gasteiger partial charge in [0, 0.05) is 11.1 Å². The second kappa shape index (κ2) is 3.97. The van der Waals surface area contributed by atoms with E-state index in [0.29, 0.717) is 12.0 Å². The topological polar surface area (TPSA) is 17.1 Å². The van der Waals surface area contributed by atoms with Gasteiger partial charge in [0.25, 0.3) is 0 Å². The number of Topliss-reactive ketones (excluding diaryl/α,β-unsaturated/α-hetero) is 1. The normalized spacial score (nSPS) is 23.7. The van der Waals surface area contributed by atoms with Gasteiger partial charge < -0.3 is 0 Å². The first-order chi connectivity index (χ1) is 8.27. The average molecular weight is 254 g/mol. The molecular formula is C14H13F3O. The molecule has 1 aliphatic rings. The van der Waals surface area contributed by atoms with Crippen molar-refractivity contribution < 1.29 is 18.0 Å². The van der Waals surface area contributed by atoms with Crippen LogP contribution in [0.25, 0.3) is 0 Å². The summed E-state index contributed by atoms with van der Waals surface area (Å²) in [6, 6.07) is 6.81. The number of rotatable bonds is 1. The summed E-state index contributed by atoms with van der Waals surface area (Å²) >= 11 is 0. The molecule has 0 radical (unpaired) electrons. The van der Waals surface area contributed by atoms with Crippen LogP contribution in [0.15, 0.2) is 36.4 Å². The van der Waals surface area contributed by atoms with E-state index in [0.717, 1.165) is 5.56 Å². The van der Waals surface area contributed by atoms with Crippen LogP contribution in [0.5, 0.6) is 0 Å². The minimum Gasteiger partial charge on any atom is -0.293 e. The Bertz CT molecular complexity index is 516. The van der Waals surface area contributed by atoms with Crippen LogP contribution in [0.1, 0.15) is 29.3 Å². The van der Waals surface area contributed by atoms with Crippen LogP contribution in [0.2, 0.25) is 0 Å². The van der Waals surface area contributed by atoms with Crippen LogP contribution >= 0.6 is 0 Å². The summed E-state index contributed by atoms with van der Waals surface area (Å²) in [5.41, 5.74) is -1.28. The van der Waals surface area contributed by atoms with Gasteiger partial charge in [-0.1, -0.05) is 30.8 Å². The Hall–Kier alpha value is -1.58. The number of fused-ring (bicyclic) bond motifs is 1. The Labute approximate surface area is 103 Å². The second-order valence-electron chi connectivity index (χ2n) is 4.79. The number of carbonyl (C=O) groups excluding carboxylic acids is 1. The molecule has 1 aromatic carbocycles. The fourth-order valence-electron chi connectivity index (χ4n) is 2.36. The number of benzene rings is 1. The molecule has 0 saturated heterocycles. The molecule has 0 fully saturated rings. The number of halogens is 3. The molecule has 1 aliphatic carbocycles. The largest absolute Gasteiger partial charge is 0.413 e. The molecular weight excluding hydrogens is 241 g/mol. The van der Waals surface area contributed by atoms with Crippen molar-refractivity contribution in [1.29, 1.82) is 0 Å². The van der Waals surface area contributed by atoms with Crippen LogP contribution in [-0.4, -0.2) is 12.0 Å². The van der Waals surface area contributed by atoms with Gasteiger partial charge in [-0.25, -0.2) is 0 Å². The molecule has 1 aromatic rings. The monoisotopic (exact) mass is 254 g/mol. The van der Waals surface area contributed by atoms with E-state index in [-0.39, 0.29) is 6.42 Å². The van der Waals surface area contributed by atoms with E-state index in [9.17, 15) is 18.0 Å². The van der Waals surface area contributed by atoms with Crippen LogP contribution in [0, 0.1) is 5.41 Å². The van der Waals surface area contributed by atoms with E-state index >= 15 is 0 Å². The van der Waals surface area contributed by atoms with Crippen molar-refractivity contribution in [2.45, 2.75) is 25.9 Å². The average Bonchev–Trinajstić information content (AvgIpc) is 2.32. The van der Waals surface area contributed by atoms with Crippen molar-refractivity contribution in [3.05, 3.63) is 47.5 Å². The first-order valence-electron chi connectivity index (χ1n) is 5.66. The number of alkyl halides is 3. The quantitative estimate of drug-likeness (QED) is 0.694. The van der Waals surface area contributed by atoms with Gasteiger partial charge in [0.1, 0.15) is 0 Å². The Morgan fingerprint density at radius 2 is 1.94 bits per heavy atom. The zero-order valence-corrected chi connectivity index (χ0v) is 9.97. The summed E-state index contributed by atoms with van der Waals surface area (Å²) < 4.78 is 38.3. The van der Waals surface area contributed by atoms with E-state index < -0.39 is 22.9 Å². The number of aryl methyl sites for hydroxylation is 1. The summed E-state index contributed by atoms with van der Waals surface area (Å²) in [6.45, 7) is 4.43. The van der Waals surface area contributed by atoms with E-state index in [4.69, 9.17) is 0 Å².